The van der Waals surface area contributed by atoms with Crippen LogP contribution in [0, 0.1) is 0 Å². The molecular weight excluding hydrogens is 350 g/mol. The highest BCUT2D eigenvalue weighted by molar-refractivity contribution is 5.99. The van der Waals surface area contributed by atoms with Crippen LogP contribution in [0.1, 0.15) is 20.1 Å². The fourth-order valence-electron chi connectivity index (χ4n) is 3.28. The molecule has 0 aromatic carbocycles. The number of aromatic nitrogens is 4. The second-order valence-electron chi connectivity index (χ2n) is 6.08. The van der Waals surface area contributed by atoms with E-state index in [1.165, 1.54) is 0 Å². The number of aromatic amines is 1. The Kier molecular flexibility index (Phi) is 3.95. The fourth-order valence-corrected chi connectivity index (χ4v) is 3.28. The van der Waals surface area contributed by atoms with Crippen molar-refractivity contribution in [3.8, 4) is 0 Å². The van der Waals surface area contributed by atoms with Gasteiger partial charge in [-0.2, -0.15) is 4.98 Å². The number of aliphatic hydroxyl groups excluding tert-OH is 1. The average molecular weight is 367 g/mol. The molecule has 140 valence electrons. The molecule has 1 aliphatic heterocycles. The third-order valence-corrected chi connectivity index (χ3v) is 4.64. The van der Waals surface area contributed by atoms with Crippen molar-refractivity contribution in [1.82, 2.24) is 19.5 Å². The van der Waals surface area contributed by atoms with Crippen molar-refractivity contribution in [3.63, 3.8) is 0 Å². The third kappa shape index (κ3) is 2.07. The summed E-state index contributed by atoms with van der Waals surface area (Å²) in [5.74, 6) is -2.23. The predicted molar refractivity (Wildman–Crippen MR) is 84.8 cm³/mol. The number of H-pyrrole nitrogens is 1. The Morgan fingerprint density at radius 1 is 1.35 bits per heavy atom. The number of carbonyl (C=O) groups is 2. The smallest absolute Gasteiger partial charge is 0.280 e. The highest BCUT2D eigenvalue weighted by atomic mass is 16.6. The van der Waals surface area contributed by atoms with Crippen LogP contribution in [0.3, 0.4) is 0 Å². The number of nitrogens with one attached hydrogen (secondary N) is 1. The molecule has 0 amide bonds. The number of anilines is 1. The molecule has 1 aliphatic rings. The summed E-state index contributed by atoms with van der Waals surface area (Å²) in [6.45, 7) is 1.05. The Balaban J connectivity index is 2.30. The van der Waals surface area contributed by atoms with Crippen LogP contribution >= 0.6 is 0 Å². The number of imidazole rings is 1. The van der Waals surface area contributed by atoms with Gasteiger partial charge in [0, 0.05) is 0 Å². The molecule has 0 radical (unpaired) electrons. The van der Waals surface area contributed by atoms with E-state index in [-0.39, 0.29) is 17.1 Å². The van der Waals surface area contributed by atoms with Gasteiger partial charge in [0.05, 0.1) is 12.9 Å². The lowest BCUT2D eigenvalue weighted by Gasteiger charge is -2.36. The van der Waals surface area contributed by atoms with Gasteiger partial charge in [0.25, 0.3) is 5.56 Å². The van der Waals surface area contributed by atoms with E-state index >= 15 is 0 Å². The van der Waals surface area contributed by atoms with E-state index in [2.05, 4.69) is 15.0 Å². The zero-order chi connectivity index (χ0) is 19.4. The first-order valence-corrected chi connectivity index (χ1v) is 7.54. The summed E-state index contributed by atoms with van der Waals surface area (Å²) in [5.41, 5.74) is -0.942. The molecule has 26 heavy (non-hydrogen) atoms. The Hall–Kier alpha value is -2.67. The molecule has 12 nitrogen and oxygen atoms in total. The largest absolute Gasteiger partial charge is 0.394 e. The van der Waals surface area contributed by atoms with Crippen LogP contribution in [0.4, 0.5) is 5.95 Å². The summed E-state index contributed by atoms with van der Waals surface area (Å²) >= 11 is 0. The number of ether oxygens (including phenoxy) is 1. The van der Waals surface area contributed by atoms with Crippen LogP contribution < -0.4 is 11.3 Å². The second kappa shape index (κ2) is 5.67. The van der Waals surface area contributed by atoms with Gasteiger partial charge in [-0.15, -0.1) is 0 Å². The van der Waals surface area contributed by atoms with Gasteiger partial charge in [-0.25, -0.2) is 4.98 Å². The number of hydrogen-bond donors (Lipinski definition) is 5. The van der Waals surface area contributed by atoms with E-state index < -0.39 is 47.3 Å². The Morgan fingerprint density at radius 3 is 2.50 bits per heavy atom. The third-order valence-electron chi connectivity index (χ3n) is 4.64. The lowest BCUT2D eigenvalue weighted by atomic mass is 9.75. The van der Waals surface area contributed by atoms with Crippen LogP contribution in [0.25, 0.3) is 11.2 Å². The van der Waals surface area contributed by atoms with E-state index in [1.54, 1.807) is 0 Å². The normalized spacial score (nSPS) is 31.4. The number of rotatable bonds is 4. The van der Waals surface area contributed by atoms with Gasteiger partial charge in [0.2, 0.25) is 11.5 Å². The molecule has 2 aromatic heterocycles. The van der Waals surface area contributed by atoms with Gasteiger partial charge in [0.15, 0.2) is 34.6 Å². The number of carbonyl (C=O) groups excluding carboxylic acids is 2. The molecular formula is C14H17N5O7. The summed E-state index contributed by atoms with van der Waals surface area (Å²) in [5, 5.41) is 31.4. The SMILES string of the molecule is CC(=O)[C@@]1(O)[C@@H](CO)O[C@@H](n2cnc3c(=O)[nH]c(N)nc32)[C@@]1(O)C(C)=O. The Bertz CT molecular complexity index is 968. The highest BCUT2D eigenvalue weighted by Gasteiger charge is 2.71. The van der Waals surface area contributed by atoms with Crippen molar-refractivity contribution in [1.29, 1.82) is 0 Å². The molecule has 4 atom stereocenters. The number of fused-ring (bicyclic) bond motifs is 1. The van der Waals surface area contributed by atoms with Crippen LogP contribution in [-0.4, -0.2) is 70.3 Å². The van der Waals surface area contributed by atoms with Gasteiger partial charge in [-0.3, -0.25) is 23.9 Å². The quantitative estimate of drug-likeness (QED) is 0.377. The number of aliphatic hydroxyl groups is 3. The van der Waals surface area contributed by atoms with E-state index in [1.807, 2.05) is 0 Å². The molecule has 3 heterocycles. The van der Waals surface area contributed by atoms with Crippen molar-refractivity contribution in [2.75, 3.05) is 12.3 Å². The zero-order valence-corrected chi connectivity index (χ0v) is 13.8. The standard InChI is InChI=1S/C14H17N5O7/c1-5(21)13(24)7(3-20)26-11(14(13,25)6(2)22)19-4-16-8-9(19)17-12(15)18-10(8)23/h4,7,11,20,24-25H,3H2,1-2H3,(H3,15,17,18,23)/t7-,11-,13-,14+/m1/s1. The predicted octanol–water partition coefficient (Wildman–Crippen LogP) is -2.77. The molecule has 2 aromatic rings. The highest BCUT2D eigenvalue weighted by Crippen LogP contribution is 2.47. The first-order chi connectivity index (χ1) is 12.1. The maximum Gasteiger partial charge on any atom is 0.280 e. The molecule has 0 saturated carbocycles. The van der Waals surface area contributed by atoms with E-state index in [0.717, 1.165) is 24.7 Å². The number of nitrogen functional groups attached to an aromatic ring is 1. The van der Waals surface area contributed by atoms with E-state index in [9.17, 15) is 29.7 Å². The minimum absolute atomic E-state index is 0.139. The Labute approximate surface area is 145 Å². The maximum absolute atomic E-state index is 12.3. The minimum atomic E-state index is -2.76. The molecule has 3 rings (SSSR count). The molecule has 0 unspecified atom stereocenters. The number of ketones is 2. The summed E-state index contributed by atoms with van der Waals surface area (Å²) in [6.07, 6.45) is -2.24. The zero-order valence-electron chi connectivity index (χ0n) is 13.8. The molecule has 0 aliphatic carbocycles. The van der Waals surface area contributed by atoms with E-state index in [0.29, 0.717) is 0 Å². The van der Waals surface area contributed by atoms with Gasteiger partial charge in [0.1, 0.15) is 6.10 Å². The monoisotopic (exact) mass is 367 g/mol. The van der Waals surface area contributed by atoms with Gasteiger partial charge < -0.3 is 25.8 Å². The second-order valence-corrected chi connectivity index (χ2v) is 6.08. The molecule has 6 N–H and O–H groups in total. The minimum Gasteiger partial charge on any atom is -0.394 e. The molecule has 12 heteroatoms. The van der Waals surface area contributed by atoms with Crippen LogP contribution in [0.5, 0.6) is 0 Å². The number of nitrogens with two attached hydrogens (primary N) is 1. The van der Waals surface area contributed by atoms with Crippen LogP contribution in [0.2, 0.25) is 0 Å². The van der Waals surface area contributed by atoms with Crippen LogP contribution in [-0.2, 0) is 14.3 Å². The maximum atomic E-state index is 12.3. The number of Topliss-reactive ketones (excluding diaryl/α,β-unsaturated/α-hetero) is 2. The first kappa shape index (κ1) is 18.1. The summed E-state index contributed by atoms with van der Waals surface area (Å²) in [7, 11) is 0. The fraction of sp³-hybridized carbons (Fsp3) is 0.500. The average Bonchev–Trinajstić information content (AvgIpc) is 3.07. The van der Waals surface area contributed by atoms with Crippen molar-refractivity contribution in [2.24, 2.45) is 0 Å². The molecule has 1 fully saturated rings. The molecule has 0 bridgehead atoms. The lowest BCUT2D eigenvalue weighted by molar-refractivity contribution is -0.181. The van der Waals surface area contributed by atoms with Crippen molar-refractivity contribution in [3.05, 3.63) is 16.7 Å². The van der Waals surface area contributed by atoms with Gasteiger partial charge >= 0.3 is 0 Å². The van der Waals surface area contributed by atoms with Gasteiger partial charge in [-0.05, 0) is 13.8 Å². The topological polar surface area (TPSA) is 194 Å². The van der Waals surface area contributed by atoms with Crippen LogP contribution in [0.15, 0.2) is 11.1 Å². The summed E-state index contributed by atoms with van der Waals surface area (Å²) in [6, 6.07) is 0. The summed E-state index contributed by atoms with van der Waals surface area (Å²) in [4.78, 5) is 46.2. The summed E-state index contributed by atoms with van der Waals surface area (Å²) < 4.78 is 6.44. The van der Waals surface area contributed by atoms with Crippen molar-refractivity contribution < 1.29 is 29.6 Å². The van der Waals surface area contributed by atoms with Crippen molar-refractivity contribution in [2.45, 2.75) is 37.4 Å². The number of hydrogen-bond acceptors (Lipinski definition) is 10. The van der Waals surface area contributed by atoms with Crippen molar-refractivity contribution >= 4 is 28.7 Å². The van der Waals surface area contributed by atoms with E-state index in [4.69, 9.17) is 10.5 Å². The Morgan fingerprint density at radius 2 is 1.96 bits per heavy atom. The molecule has 0 spiro atoms. The lowest BCUT2D eigenvalue weighted by Crippen LogP contribution is -2.66. The number of nitrogens with zero attached hydrogens (tertiary/aromatic N) is 3. The first-order valence-electron chi connectivity index (χ1n) is 7.54. The molecule has 1 saturated heterocycles. The van der Waals surface area contributed by atoms with Gasteiger partial charge in [-0.1, -0.05) is 0 Å².